The van der Waals surface area contributed by atoms with E-state index in [1.54, 1.807) is 24.5 Å². The normalized spacial score (nSPS) is 10.9. The van der Waals surface area contributed by atoms with E-state index in [-0.39, 0.29) is 0 Å². The topological polar surface area (TPSA) is 80.5 Å². The molecule has 17 heavy (non-hydrogen) atoms. The van der Waals surface area contributed by atoms with Gasteiger partial charge in [-0.3, -0.25) is 4.98 Å². The zero-order valence-electron chi connectivity index (χ0n) is 8.68. The van der Waals surface area contributed by atoms with E-state index in [2.05, 4.69) is 35.9 Å². The molecule has 0 aliphatic rings. The van der Waals surface area contributed by atoms with Gasteiger partial charge in [0.1, 0.15) is 5.69 Å². The van der Waals surface area contributed by atoms with Crippen LogP contribution in [0.25, 0.3) is 22.7 Å². The van der Waals surface area contributed by atoms with Gasteiger partial charge in [0.05, 0.1) is 11.2 Å². The zero-order chi connectivity index (χ0) is 11.8. The Hall–Kier alpha value is -1.95. The van der Waals surface area contributed by atoms with Crippen molar-refractivity contribution in [3.05, 3.63) is 35.1 Å². The van der Waals surface area contributed by atoms with Crippen molar-refractivity contribution in [1.82, 2.24) is 19.9 Å². The molecule has 0 aliphatic carbocycles. The minimum Gasteiger partial charge on any atom is -0.397 e. The lowest BCUT2D eigenvalue weighted by Crippen LogP contribution is -1.93. The minimum atomic E-state index is 0.589. The molecule has 3 aromatic heterocycles. The summed E-state index contributed by atoms with van der Waals surface area (Å²) in [6, 6.07) is 5.49. The van der Waals surface area contributed by atoms with Crippen LogP contribution in [0.2, 0.25) is 0 Å². The lowest BCUT2D eigenvalue weighted by atomic mass is 10.3. The summed E-state index contributed by atoms with van der Waals surface area (Å²) in [6.45, 7) is 0. The van der Waals surface area contributed by atoms with Crippen molar-refractivity contribution in [2.45, 2.75) is 0 Å². The molecule has 0 atom stereocenters. The first kappa shape index (κ1) is 10.2. The third-order valence-corrected chi connectivity index (χ3v) is 2.80. The number of hydrogen-bond acceptors (Lipinski definition) is 4. The Kier molecular flexibility index (Phi) is 2.29. The van der Waals surface area contributed by atoms with Crippen molar-refractivity contribution in [2.75, 3.05) is 5.73 Å². The number of aromatic amines is 1. The molecule has 6 heteroatoms. The highest BCUT2D eigenvalue weighted by molar-refractivity contribution is 9.10. The minimum absolute atomic E-state index is 0.589. The van der Waals surface area contributed by atoms with Crippen LogP contribution in [0, 0.1) is 0 Å². The van der Waals surface area contributed by atoms with Gasteiger partial charge in [-0.15, -0.1) is 0 Å². The van der Waals surface area contributed by atoms with E-state index in [9.17, 15) is 0 Å². The van der Waals surface area contributed by atoms with Gasteiger partial charge in [0, 0.05) is 16.9 Å². The van der Waals surface area contributed by atoms with Crippen LogP contribution in [0.5, 0.6) is 0 Å². The number of fused-ring (bicyclic) bond motifs is 1. The summed E-state index contributed by atoms with van der Waals surface area (Å²) < 4.78 is 0.897. The van der Waals surface area contributed by atoms with Crippen LogP contribution in [0.15, 0.2) is 35.1 Å². The number of halogens is 1. The number of nitrogens with zero attached hydrogens (tertiary/aromatic N) is 3. The first-order valence-corrected chi connectivity index (χ1v) is 5.75. The Bertz CT molecular complexity index is 691. The summed E-state index contributed by atoms with van der Waals surface area (Å²) >= 11 is 3.36. The van der Waals surface area contributed by atoms with E-state index in [0.29, 0.717) is 22.9 Å². The van der Waals surface area contributed by atoms with E-state index in [1.165, 1.54) is 0 Å². The van der Waals surface area contributed by atoms with Crippen LogP contribution in [0.1, 0.15) is 0 Å². The third-order valence-electron chi connectivity index (χ3n) is 2.37. The van der Waals surface area contributed by atoms with Gasteiger partial charge in [-0.1, -0.05) is 0 Å². The maximum atomic E-state index is 5.85. The standard InChI is InChI=1S/C11H8BrN5/c12-6-4-8-10(15-5-6)17-11(16-8)9-7(13)2-1-3-14-9/h1-5H,13H2,(H,15,16,17). The molecule has 3 rings (SSSR count). The first-order valence-electron chi connectivity index (χ1n) is 4.96. The van der Waals surface area contributed by atoms with Crippen LogP contribution in [0.4, 0.5) is 5.69 Å². The molecule has 0 spiro atoms. The Morgan fingerprint density at radius 2 is 2.18 bits per heavy atom. The molecule has 3 aromatic rings. The van der Waals surface area contributed by atoms with Crippen molar-refractivity contribution in [2.24, 2.45) is 0 Å². The van der Waals surface area contributed by atoms with Gasteiger partial charge in [-0.25, -0.2) is 9.97 Å². The monoisotopic (exact) mass is 289 g/mol. The van der Waals surface area contributed by atoms with Gasteiger partial charge in [-0.05, 0) is 34.1 Å². The van der Waals surface area contributed by atoms with Crippen LogP contribution in [0.3, 0.4) is 0 Å². The highest BCUT2D eigenvalue weighted by atomic mass is 79.9. The van der Waals surface area contributed by atoms with Gasteiger partial charge in [0.2, 0.25) is 0 Å². The maximum Gasteiger partial charge on any atom is 0.178 e. The summed E-state index contributed by atoms with van der Waals surface area (Å²) in [5.41, 5.74) is 8.57. The highest BCUT2D eigenvalue weighted by Crippen LogP contribution is 2.23. The second kappa shape index (κ2) is 3.81. The lowest BCUT2D eigenvalue weighted by molar-refractivity contribution is 1.23. The molecule has 0 saturated carbocycles. The molecule has 0 bridgehead atoms. The van der Waals surface area contributed by atoms with Crippen LogP contribution in [-0.2, 0) is 0 Å². The van der Waals surface area contributed by atoms with Crippen molar-refractivity contribution >= 4 is 32.8 Å². The molecule has 5 nitrogen and oxygen atoms in total. The summed E-state index contributed by atoms with van der Waals surface area (Å²) in [5, 5.41) is 0. The Morgan fingerprint density at radius 1 is 1.29 bits per heavy atom. The number of aromatic nitrogens is 4. The molecule has 84 valence electrons. The molecular formula is C11H8BrN5. The van der Waals surface area contributed by atoms with E-state index in [4.69, 9.17) is 5.73 Å². The number of pyridine rings is 2. The fourth-order valence-electron chi connectivity index (χ4n) is 1.60. The van der Waals surface area contributed by atoms with Crippen molar-refractivity contribution in [1.29, 1.82) is 0 Å². The molecule has 0 fully saturated rings. The average molecular weight is 290 g/mol. The quantitative estimate of drug-likeness (QED) is 0.721. The average Bonchev–Trinajstić information content (AvgIpc) is 2.72. The number of nitrogens with two attached hydrogens (primary N) is 1. The van der Waals surface area contributed by atoms with Gasteiger partial charge in [-0.2, -0.15) is 0 Å². The van der Waals surface area contributed by atoms with E-state index in [1.807, 2.05) is 6.07 Å². The second-order valence-corrected chi connectivity index (χ2v) is 4.47. The zero-order valence-corrected chi connectivity index (χ0v) is 10.3. The fraction of sp³-hybridized carbons (Fsp3) is 0. The fourth-order valence-corrected chi connectivity index (χ4v) is 1.93. The predicted molar refractivity (Wildman–Crippen MR) is 69.2 cm³/mol. The largest absolute Gasteiger partial charge is 0.397 e. The van der Waals surface area contributed by atoms with Crippen molar-refractivity contribution in [3.8, 4) is 11.5 Å². The third kappa shape index (κ3) is 1.76. The van der Waals surface area contributed by atoms with Crippen LogP contribution in [-0.4, -0.2) is 19.9 Å². The van der Waals surface area contributed by atoms with Crippen molar-refractivity contribution < 1.29 is 0 Å². The molecule has 0 aliphatic heterocycles. The smallest absolute Gasteiger partial charge is 0.178 e. The highest BCUT2D eigenvalue weighted by Gasteiger charge is 2.09. The molecule has 0 unspecified atom stereocenters. The summed E-state index contributed by atoms with van der Waals surface area (Å²) in [4.78, 5) is 15.9. The predicted octanol–water partition coefficient (Wildman–Crippen LogP) is 2.36. The number of H-pyrrole nitrogens is 1. The molecule has 0 aromatic carbocycles. The molecular weight excluding hydrogens is 282 g/mol. The summed E-state index contributed by atoms with van der Waals surface area (Å²) in [7, 11) is 0. The molecule has 0 saturated heterocycles. The van der Waals surface area contributed by atoms with E-state index >= 15 is 0 Å². The number of anilines is 1. The lowest BCUT2D eigenvalue weighted by Gasteiger charge is -1.98. The number of hydrogen-bond donors (Lipinski definition) is 2. The molecule has 3 heterocycles. The van der Waals surface area contributed by atoms with Crippen LogP contribution < -0.4 is 5.73 Å². The Labute approximate surface area is 105 Å². The summed E-state index contributed by atoms with van der Waals surface area (Å²) in [5.74, 6) is 0.628. The molecule has 0 amide bonds. The van der Waals surface area contributed by atoms with E-state index < -0.39 is 0 Å². The molecule has 3 N–H and O–H groups in total. The van der Waals surface area contributed by atoms with Crippen LogP contribution >= 0.6 is 15.9 Å². The van der Waals surface area contributed by atoms with Gasteiger partial charge >= 0.3 is 0 Å². The SMILES string of the molecule is Nc1cccnc1-c1nc2ncc(Br)cc2[nH]1. The first-order chi connectivity index (χ1) is 8.24. The number of nitrogens with one attached hydrogen (secondary N) is 1. The van der Waals surface area contributed by atoms with Gasteiger partial charge in [0.15, 0.2) is 11.5 Å². The van der Waals surface area contributed by atoms with E-state index in [0.717, 1.165) is 9.99 Å². The van der Waals surface area contributed by atoms with Gasteiger partial charge < -0.3 is 10.7 Å². The number of rotatable bonds is 1. The number of imidazole rings is 1. The second-order valence-electron chi connectivity index (χ2n) is 3.55. The number of nitrogen functional groups attached to an aromatic ring is 1. The van der Waals surface area contributed by atoms with Crippen molar-refractivity contribution in [3.63, 3.8) is 0 Å². The summed E-state index contributed by atoms with van der Waals surface area (Å²) in [6.07, 6.45) is 3.39. The maximum absolute atomic E-state index is 5.85. The molecule has 0 radical (unpaired) electrons. The Balaban J connectivity index is 2.22. The van der Waals surface area contributed by atoms with Gasteiger partial charge in [0.25, 0.3) is 0 Å². The Morgan fingerprint density at radius 3 is 3.00 bits per heavy atom.